The minimum atomic E-state index is 0.121. The lowest BCUT2D eigenvalue weighted by atomic mass is 9.85. The Kier molecular flexibility index (Phi) is 5.34. The Bertz CT molecular complexity index is 573. The first kappa shape index (κ1) is 16.9. The molecular weight excluding hydrogens is 333 g/mol. The number of rotatable bonds is 2. The van der Waals surface area contributed by atoms with Crippen LogP contribution in [-0.2, 0) is 4.79 Å². The fraction of sp³-hybridized carbons (Fsp3) is 0.588. The third kappa shape index (κ3) is 3.93. The van der Waals surface area contributed by atoms with Crippen LogP contribution in [0.3, 0.4) is 0 Å². The lowest BCUT2D eigenvalue weighted by molar-refractivity contribution is -0.137. The zero-order valence-corrected chi connectivity index (χ0v) is 14.7. The van der Waals surface area contributed by atoms with E-state index in [0.29, 0.717) is 10.0 Å². The van der Waals surface area contributed by atoms with Crippen molar-refractivity contribution in [2.45, 2.75) is 31.7 Å². The largest absolute Gasteiger partial charge is 0.368 e. The molecule has 0 radical (unpaired) electrons. The van der Waals surface area contributed by atoms with Gasteiger partial charge in [-0.1, -0.05) is 29.6 Å². The number of anilines is 1. The molecule has 1 aliphatic heterocycles. The summed E-state index contributed by atoms with van der Waals surface area (Å²) in [7, 11) is 0. The predicted molar refractivity (Wildman–Crippen MR) is 95.2 cm³/mol. The summed E-state index contributed by atoms with van der Waals surface area (Å²) in [6.07, 6.45) is 3.95. The molecule has 0 bridgehead atoms. The molecule has 2 atom stereocenters. The van der Waals surface area contributed by atoms with E-state index in [1.54, 1.807) is 0 Å². The van der Waals surface area contributed by atoms with Gasteiger partial charge in [0.05, 0.1) is 10.0 Å². The number of amides is 1. The molecule has 126 valence electrons. The normalized spacial score (nSPS) is 25.5. The zero-order valence-electron chi connectivity index (χ0n) is 13.2. The van der Waals surface area contributed by atoms with Crippen LogP contribution in [0.15, 0.2) is 18.2 Å². The van der Waals surface area contributed by atoms with Crippen LogP contribution in [-0.4, -0.2) is 43.0 Å². The van der Waals surface area contributed by atoms with E-state index in [9.17, 15) is 4.79 Å². The van der Waals surface area contributed by atoms with Crippen LogP contribution in [0.4, 0.5) is 5.69 Å². The average molecular weight is 356 g/mol. The van der Waals surface area contributed by atoms with Crippen molar-refractivity contribution >= 4 is 34.8 Å². The van der Waals surface area contributed by atoms with E-state index in [2.05, 4.69) is 4.90 Å². The second-order valence-corrected chi connectivity index (χ2v) is 7.35. The summed E-state index contributed by atoms with van der Waals surface area (Å²) in [5.41, 5.74) is 7.08. The maximum absolute atomic E-state index is 12.7. The van der Waals surface area contributed by atoms with Crippen molar-refractivity contribution < 1.29 is 4.79 Å². The lowest BCUT2D eigenvalue weighted by Crippen LogP contribution is -2.51. The van der Waals surface area contributed by atoms with Gasteiger partial charge in [0.15, 0.2) is 0 Å². The topological polar surface area (TPSA) is 49.6 Å². The van der Waals surface area contributed by atoms with Crippen LogP contribution in [0, 0.1) is 5.92 Å². The summed E-state index contributed by atoms with van der Waals surface area (Å²) in [6.45, 7) is 3.15. The molecule has 2 N–H and O–H groups in total. The number of benzene rings is 1. The van der Waals surface area contributed by atoms with Crippen LogP contribution < -0.4 is 10.6 Å². The van der Waals surface area contributed by atoms with Crippen molar-refractivity contribution in [2.24, 2.45) is 11.7 Å². The summed E-state index contributed by atoms with van der Waals surface area (Å²) in [5, 5.41) is 1.14. The molecule has 4 nitrogen and oxygen atoms in total. The zero-order chi connectivity index (χ0) is 16.4. The van der Waals surface area contributed by atoms with Crippen LogP contribution >= 0.6 is 23.2 Å². The van der Waals surface area contributed by atoms with Gasteiger partial charge in [0.2, 0.25) is 5.91 Å². The molecule has 1 saturated carbocycles. The van der Waals surface area contributed by atoms with Crippen molar-refractivity contribution in [3.63, 3.8) is 0 Å². The van der Waals surface area contributed by atoms with Crippen LogP contribution in [0.1, 0.15) is 25.7 Å². The number of nitrogens with two attached hydrogens (primary N) is 1. The number of carbonyl (C=O) groups is 1. The van der Waals surface area contributed by atoms with Gasteiger partial charge in [0.25, 0.3) is 0 Å². The van der Waals surface area contributed by atoms with Crippen molar-refractivity contribution in [2.75, 3.05) is 31.1 Å². The van der Waals surface area contributed by atoms with Crippen LogP contribution in [0.2, 0.25) is 10.0 Å². The molecule has 2 aliphatic rings. The Balaban J connectivity index is 1.57. The number of nitrogens with zero attached hydrogens (tertiary/aromatic N) is 2. The van der Waals surface area contributed by atoms with Crippen molar-refractivity contribution in [3.05, 3.63) is 28.2 Å². The molecule has 1 saturated heterocycles. The summed E-state index contributed by atoms with van der Waals surface area (Å²) in [4.78, 5) is 16.9. The van der Waals surface area contributed by atoms with E-state index < -0.39 is 0 Å². The van der Waals surface area contributed by atoms with E-state index in [1.807, 2.05) is 23.1 Å². The molecule has 0 aromatic heterocycles. The molecule has 1 aliphatic carbocycles. The van der Waals surface area contributed by atoms with E-state index in [4.69, 9.17) is 28.9 Å². The third-order valence-corrected chi connectivity index (χ3v) is 5.66. The molecule has 1 aromatic carbocycles. The number of hydrogen-bond acceptors (Lipinski definition) is 3. The highest BCUT2D eigenvalue weighted by Crippen LogP contribution is 2.29. The van der Waals surface area contributed by atoms with Gasteiger partial charge in [0, 0.05) is 43.8 Å². The van der Waals surface area contributed by atoms with Crippen molar-refractivity contribution in [1.29, 1.82) is 0 Å². The molecular formula is C17H23Cl2N3O. The standard InChI is InChI=1S/C17H23Cl2N3O/c18-15-5-4-14(11-16(15)19)21-6-8-22(9-7-21)17(23)12-2-1-3-13(20)10-12/h4-5,11-13H,1-3,6-10,20H2/t12-,13+/m1/s1. The van der Waals surface area contributed by atoms with Crippen molar-refractivity contribution in [3.8, 4) is 0 Å². The fourth-order valence-electron chi connectivity index (χ4n) is 3.58. The minimum Gasteiger partial charge on any atom is -0.368 e. The molecule has 2 fully saturated rings. The molecule has 0 unspecified atom stereocenters. The summed E-state index contributed by atoms with van der Waals surface area (Å²) < 4.78 is 0. The van der Waals surface area contributed by atoms with Gasteiger partial charge in [-0.3, -0.25) is 4.79 Å². The molecule has 6 heteroatoms. The quantitative estimate of drug-likeness (QED) is 0.886. The summed E-state index contributed by atoms with van der Waals surface area (Å²) in [6, 6.07) is 5.88. The van der Waals surface area contributed by atoms with E-state index in [1.165, 1.54) is 0 Å². The first-order chi connectivity index (χ1) is 11.0. The monoisotopic (exact) mass is 355 g/mol. The van der Waals surface area contributed by atoms with Crippen LogP contribution in [0.25, 0.3) is 0 Å². The van der Waals surface area contributed by atoms with Gasteiger partial charge in [-0.15, -0.1) is 0 Å². The summed E-state index contributed by atoms with van der Waals surface area (Å²) >= 11 is 12.1. The highest BCUT2D eigenvalue weighted by Gasteiger charge is 2.30. The third-order valence-electron chi connectivity index (χ3n) is 4.92. The van der Waals surface area contributed by atoms with Gasteiger partial charge in [-0.05, 0) is 37.5 Å². The smallest absolute Gasteiger partial charge is 0.225 e. The highest BCUT2D eigenvalue weighted by molar-refractivity contribution is 6.42. The fourth-order valence-corrected chi connectivity index (χ4v) is 3.87. The predicted octanol–water partition coefficient (Wildman–Crippen LogP) is 3.16. The average Bonchev–Trinajstić information content (AvgIpc) is 2.57. The molecule has 1 amide bonds. The molecule has 1 heterocycles. The summed E-state index contributed by atoms with van der Waals surface area (Å²) in [5.74, 6) is 0.407. The number of hydrogen-bond donors (Lipinski definition) is 1. The molecule has 3 rings (SSSR count). The second kappa shape index (κ2) is 7.29. The molecule has 23 heavy (non-hydrogen) atoms. The maximum Gasteiger partial charge on any atom is 0.225 e. The minimum absolute atomic E-state index is 0.121. The van der Waals surface area contributed by atoms with E-state index in [0.717, 1.165) is 57.5 Å². The first-order valence-electron chi connectivity index (χ1n) is 8.29. The lowest BCUT2D eigenvalue weighted by Gasteiger charge is -2.38. The van der Waals surface area contributed by atoms with E-state index >= 15 is 0 Å². The SMILES string of the molecule is N[C@H]1CCC[C@@H](C(=O)N2CCN(c3ccc(Cl)c(Cl)c3)CC2)C1. The molecule has 0 spiro atoms. The van der Waals surface area contributed by atoms with Gasteiger partial charge in [-0.2, -0.15) is 0 Å². The number of carbonyl (C=O) groups excluding carboxylic acids is 1. The number of piperazine rings is 1. The van der Waals surface area contributed by atoms with Crippen molar-refractivity contribution in [1.82, 2.24) is 4.90 Å². The number of halogens is 2. The Morgan fingerprint density at radius 2 is 1.83 bits per heavy atom. The van der Waals surface area contributed by atoms with Gasteiger partial charge < -0.3 is 15.5 Å². The van der Waals surface area contributed by atoms with E-state index in [-0.39, 0.29) is 17.9 Å². The Morgan fingerprint density at radius 3 is 2.48 bits per heavy atom. The second-order valence-electron chi connectivity index (χ2n) is 6.53. The maximum atomic E-state index is 12.7. The van der Waals surface area contributed by atoms with Gasteiger partial charge >= 0.3 is 0 Å². The Labute approximate surface area is 147 Å². The first-order valence-corrected chi connectivity index (χ1v) is 9.04. The van der Waals surface area contributed by atoms with Gasteiger partial charge in [-0.25, -0.2) is 0 Å². The van der Waals surface area contributed by atoms with Crippen LogP contribution in [0.5, 0.6) is 0 Å². The van der Waals surface area contributed by atoms with Gasteiger partial charge in [0.1, 0.15) is 0 Å². The Morgan fingerprint density at radius 1 is 1.09 bits per heavy atom. The Hall–Kier alpha value is -0.970. The molecule has 1 aromatic rings. The highest BCUT2D eigenvalue weighted by atomic mass is 35.5.